The number of thioether (sulfide) groups is 1. The second-order valence-corrected chi connectivity index (χ2v) is 8.54. The third kappa shape index (κ3) is 3.77. The van der Waals surface area contributed by atoms with Crippen LogP contribution in [0.5, 0.6) is 5.75 Å². The molecule has 0 bridgehead atoms. The van der Waals surface area contributed by atoms with E-state index < -0.39 is 0 Å². The molecule has 0 amide bonds. The molecule has 0 aliphatic carbocycles. The second-order valence-electron chi connectivity index (χ2n) is 7.60. The summed E-state index contributed by atoms with van der Waals surface area (Å²) in [5, 5.41) is 9.77. The van der Waals surface area contributed by atoms with Crippen LogP contribution in [-0.4, -0.2) is 34.6 Å². The molecule has 5 rings (SSSR count). The summed E-state index contributed by atoms with van der Waals surface area (Å²) in [5.74, 6) is 1.83. The van der Waals surface area contributed by atoms with Crippen LogP contribution < -0.4 is 9.64 Å². The van der Waals surface area contributed by atoms with Crippen LogP contribution in [0.3, 0.4) is 0 Å². The van der Waals surface area contributed by atoms with Crippen LogP contribution >= 0.6 is 11.8 Å². The lowest BCUT2D eigenvalue weighted by Crippen LogP contribution is -2.22. The molecule has 0 unspecified atom stereocenters. The quantitative estimate of drug-likeness (QED) is 0.561. The molecule has 0 N–H and O–H groups in total. The minimum absolute atomic E-state index is 0.189. The van der Waals surface area contributed by atoms with Gasteiger partial charge in [-0.2, -0.15) is 0 Å². The van der Waals surface area contributed by atoms with Gasteiger partial charge in [0.1, 0.15) is 11.6 Å². The number of aromatic nitrogens is 3. The van der Waals surface area contributed by atoms with Gasteiger partial charge in [-0.15, -0.1) is 10.2 Å². The van der Waals surface area contributed by atoms with Crippen LogP contribution in [0.25, 0.3) is 5.69 Å². The smallest absolute Gasteiger partial charge is 0.232 e. The van der Waals surface area contributed by atoms with Gasteiger partial charge in [0.2, 0.25) is 5.95 Å². The molecule has 156 valence electrons. The third-order valence-electron chi connectivity index (χ3n) is 5.41. The van der Waals surface area contributed by atoms with Crippen LogP contribution in [0, 0.1) is 12.7 Å². The number of nitrogens with zero attached hydrogens (tertiary/aromatic N) is 4. The minimum Gasteiger partial charge on any atom is -0.467 e. The maximum atomic E-state index is 14.1. The van der Waals surface area contributed by atoms with Gasteiger partial charge in [0.05, 0.1) is 12.3 Å². The van der Waals surface area contributed by atoms with Crippen LogP contribution in [0.1, 0.15) is 29.5 Å². The van der Waals surface area contributed by atoms with Crippen molar-refractivity contribution in [1.82, 2.24) is 14.8 Å². The molecule has 2 aliphatic rings. The van der Waals surface area contributed by atoms with E-state index in [9.17, 15) is 4.39 Å². The molecule has 2 aromatic carbocycles. The number of halogens is 1. The molecule has 3 heterocycles. The summed E-state index contributed by atoms with van der Waals surface area (Å²) in [6.07, 6.45) is 2.33. The van der Waals surface area contributed by atoms with Crippen molar-refractivity contribution in [3.05, 3.63) is 58.9 Å². The maximum absolute atomic E-state index is 14.1. The molecular formula is C22H23FN4O2S. The normalized spacial score (nSPS) is 15.9. The zero-order valence-electron chi connectivity index (χ0n) is 16.8. The first-order valence-electron chi connectivity index (χ1n) is 10.1. The summed E-state index contributed by atoms with van der Waals surface area (Å²) in [4.78, 5) is 2.28. The SMILES string of the molecule is Cc1ccc(-n2c(SCc3cc(F)cc4c3OCOC4)nnc2N2CCCC2)cc1. The Kier molecular flexibility index (Phi) is 5.35. The first-order valence-corrected chi connectivity index (χ1v) is 11.1. The van der Waals surface area contributed by atoms with Gasteiger partial charge in [0, 0.05) is 30.0 Å². The first kappa shape index (κ1) is 19.4. The number of anilines is 1. The fourth-order valence-corrected chi connectivity index (χ4v) is 4.82. The summed E-state index contributed by atoms with van der Waals surface area (Å²) in [7, 11) is 0. The van der Waals surface area contributed by atoms with E-state index in [1.165, 1.54) is 29.5 Å². The van der Waals surface area contributed by atoms with Crippen LogP contribution in [-0.2, 0) is 17.1 Å². The molecule has 1 aromatic heterocycles. The zero-order chi connectivity index (χ0) is 20.5. The van der Waals surface area contributed by atoms with Gasteiger partial charge in [0.15, 0.2) is 11.9 Å². The molecule has 0 spiro atoms. The first-order chi connectivity index (χ1) is 14.7. The largest absolute Gasteiger partial charge is 0.467 e. The number of fused-ring (bicyclic) bond motifs is 1. The van der Waals surface area contributed by atoms with Gasteiger partial charge in [-0.1, -0.05) is 29.5 Å². The number of hydrogen-bond acceptors (Lipinski definition) is 6. The molecule has 0 radical (unpaired) electrons. The number of hydrogen-bond donors (Lipinski definition) is 0. The highest BCUT2D eigenvalue weighted by Crippen LogP contribution is 2.35. The summed E-state index contributed by atoms with van der Waals surface area (Å²) in [5.41, 5.74) is 3.78. The standard InChI is InChI=1S/C22H23FN4O2S/c1-15-4-6-19(7-5-15)27-21(26-8-2-3-9-26)24-25-22(27)30-13-17-11-18(23)10-16-12-28-14-29-20(16)17/h4-7,10-11H,2-3,8-9,12-14H2,1H3. The number of aryl methyl sites for hydroxylation is 1. The Morgan fingerprint density at radius 1 is 1.10 bits per heavy atom. The van der Waals surface area contributed by atoms with Crippen molar-refractivity contribution < 1.29 is 13.9 Å². The predicted molar refractivity (Wildman–Crippen MR) is 114 cm³/mol. The topological polar surface area (TPSA) is 52.4 Å². The van der Waals surface area contributed by atoms with Gasteiger partial charge in [0.25, 0.3) is 0 Å². The van der Waals surface area contributed by atoms with E-state index in [0.29, 0.717) is 12.4 Å². The van der Waals surface area contributed by atoms with E-state index >= 15 is 0 Å². The Hall–Kier alpha value is -2.58. The zero-order valence-corrected chi connectivity index (χ0v) is 17.6. The molecule has 6 nitrogen and oxygen atoms in total. The average Bonchev–Trinajstić information content (AvgIpc) is 3.42. The van der Waals surface area contributed by atoms with Crippen molar-refractivity contribution in [1.29, 1.82) is 0 Å². The molecule has 8 heteroatoms. The predicted octanol–water partition coefficient (Wildman–Crippen LogP) is 4.47. The number of benzene rings is 2. The Labute approximate surface area is 179 Å². The highest BCUT2D eigenvalue weighted by Gasteiger charge is 2.23. The molecular weight excluding hydrogens is 403 g/mol. The monoisotopic (exact) mass is 426 g/mol. The number of ether oxygens (including phenoxy) is 2. The summed E-state index contributed by atoms with van der Waals surface area (Å²) >= 11 is 1.54. The van der Waals surface area contributed by atoms with Crippen molar-refractivity contribution in [2.75, 3.05) is 24.8 Å². The fourth-order valence-electron chi connectivity index (χ4n) is 3.90. The highest BCUT2D eigenvalue weighted by molar-refractivity contribution is 7.98. The van der Waals surface area contributed by atoms with Gasteiger partial charge in [-0.25, -0.2) is 4.39 Å². The Balaban J connectivity index is 1.48. The highest BCUT2D eigenvalue weighted by atomic mass is 32.2. The minimum atomic E-state index is -0.281. The lowest BCUT2D eigenvalue weighted by molar-refractivity contribution is -0.0171. The molecule has 1 saturated heterocycles. The van der Waals surface area contributed by atoms with Gasteiger partial charge in [-0.05, 0) is 44.0 Å². The molecule has 1 fully saturated rings. The molecule has 0 atom stereocenters. The van der Waals surface area contributed by atoms with Crippen molar-refractivity contribution in [3.63, 3.8) is 0 Å². The Morgan fingerprint density at radius 2 is 1.90 bits per heavy atom. The van der Waals surface area contributed by atoms with Crippen molar-refractivity contribution in [3.8, 4) is 11.4 Å². The molecule has 30 heavy (non-hydrogen) atoms. The van der Waals surface area contributed by atoms with Gasteiger partial charge in [-0.3, -0.25) is 4.57 Å². The van der Waals surface area contributed by atoms with Gasteiger partial charge < -0.3 is 14.4 Å². The van der Waals surface area contributed by atoms with Crippen molar-refractivity contribution >= 4 is 17.7 Å². The lowest BCUT2D eigenvalue weighted by atomic mass is 10.1. The third-order valence-corrected chi connectivity index (χ3v) is 6.38. The van der Waals surface area contributed by atoms with E-state index in [1.807, 2.05) is 0 Å². The van der Waals surface area contributed by atoms with Crippen molar-refractivity contribution in [2.24, 2.45) is 0 Å². The van der Waals surface area contributed by atoms with Crippen molar-refractivity contribution in [2.45, 2.75) is 37.3 Å². The fraction of sp³-hybridized carbons (Fsp3) is 0.364. The van der Waals surface area contributed by atoms with Crippen LogP contribution in [0.4, 0.5) is 10.3 Å². The second kappa shape index (κ2) is 8.28. The molecule has 0 saturated carbocycles. The molecule has 2 aliphatic heterocycles. The Bertz CT molecular complexity index is 1050. The van der Waals surface area contributed by atoms with E-state index in [4.69, 9.17) is 9.47 Å². The van der Waals surface area contributed by atoms with Crippen LogP contribution in [0.2, 0.25) is 0 Å². The van der Waals surface area contributed by atoms with E-state index in [-0.39, 0.29) is 12.6 Å². The lowest BCUT2D eigenvalue weighted by Gasteiger charge is -2.21. The van der Waals surface area contributed by atoms with E-state index in [2.05, 4.69) is 50.9 Å². The summed E-state index contributed by atoms with van der Waals surface area (Å²) < 4.78 is 27.2. The van der Waals surface area contributed by atoms with Gasteiger partial charge >= 0.3 is 0 Å². The van der Waals surface area contributed by atoms with E-state index in [0.717, 1.165) is 59.6 Å². The Morgan fingerprint density at radius 3 is 2.70 bits per heavy atom. The van der Waals surface area contributed by atoms with E-state index in [1.54, 1.807) is 0 Å². The summed E-state index contributed by atoms with van der Waals surface area (Å²) in [6, 6.07) is 11.4. The number of rotatable bonds is 5. The summed E-state index contributed by atoms with van der Waals surface area (Å²) in [6.45, 7) is 4.60. The van der Waals surface area contributed by atoms with Crippen LogP contribution in [0.15, 0.2) is 41.6 Å². The molecule has 3 aromatic rings. The average molecular weight is 427 g/mol. The maximum Gasteiger partial charge on any atom is 0.232 e.